The number of hydrogen-bond acceptors (Lipinski definition) is 6. The zero-order valence-electron chi connectivity index (χ0n) is 14.2. The highest BCUT2D eigenvalue weighted by Gasteiger charge is 2.36. The number of methoxy groups -OCH3 is 4. The van der Waals surface area contributed by atoms with Crippen molar-refractivity contribution in [1.29, 1.82) is 0 Å². The summed E-state index contributed by atoms with van der Waals surface area (Å²) >= 11 is 0. The number of benzene rings is 1. The van der Waals surface area contributed by atoms with Crippen molar-refractivity contribution in [3.8, 4) is 17.2 Å². The molecule has 8 nitrogen and oxygen atoms in total. The molecule has 0 fully saturated rings. The molecular formula is C16H20N2O6. The number of amides is 2. The number of nitrogens with one attached hydrogen (secondary N) is 2. The van der Waals surface area contributed by atoms with E-state index in [1.54, 1.807) is 19.1 Å². The molecule has 0 saturated carbocycles. The summed E-state index contributed by atoms with van der Waals surface area (Å²) in [6.07, 6.45) is 0. The minimum Gasteiger partial charge on any atom is -0.496 e. The van der Waals surface area contributed by atoms with E-state index in [9.17, 15) is 9.59 Å². The largest absolute Gasteiger partial charge is 0.496 e. The molecule has 1 aromatic rings. The second-order valence-corrected chi connectivity index (χ2v) is 5.01. The lowest BCUT2D eigenvalue weighted by Crippen LogP contribution is -2.45. The molecule has 1 atom stereocenters. The van der Waals surface area contributed by atoms with Gasteiger partial charge in [0.05, 0.1) is 45.6 Å². The van der Waals surface area contributed by atoms with Gasteiger partial charge in [-0.2, -0.15) is 0 Å². The van der Waals surface area contributed by atoms with Gasteiger partial charge in [-0.3, -0.25) is 0 Å². The first-order chi connectivity index (χ1) is 11.5. The molecule has 0 unspecified atom stereocenters. The van der Waals surface area contributed by atoms with Crippen molar-refractivity contribution in [2.24, 2.45) is 0 Å². The van der Waals surface area contributed by atoms with Crippen molar-refractivity contribution >= 4 is 12.0 Å². The minimum atomic E-state index is -0.790. The van der Waals surface area contributed by atoms with Gasteiger partial charge in [0.25, 0.3) is 0 Å². The molecule has 0 spiro atoms. The van der Waals surface area contributed by atoms with Crippen molar-refractivity contribution in [3.05, 3.63) is 29.0 Å². The Bertz CT molecular complexity index is 673. The van der Waals surface area contributed by atoms with Crippen molar-refractivity contribution in [2.75, 3.05) is 28.4 Å². The third-order valence-electron chi connectivity index (χ3n) is 3.72. The molecule has 1 aliphatic heterocycles. The Kier molecular flexibility index (Phi) is 5.18. The lowest BCUT2D eigenvalue weighted by atomic mass is 9.93. The van der Waals surface area contributed by atoms with Crippen LogP contribution in [0.5, 0.6) is 17.2 Å². The molecule has 1 heterocycles. The number of esters is 1. The second kappa shape index (κ2) is 7.12. The van der Waals surface area contributed by atoms with Crippen LogP contribution in [0.3, 0.4) is 0 Å². The Labute approximate surface area is 139 Å². The number of rotatable bonds is 5. The molecule has 0 aliphatic carbocycles. The van der Waals surface area contributed by atoms with E-state index in [0.29, 0.717) is 28.5 Å². The van der Waals surface area contributed by atoms with Gasteiger partial charge >= 0.3 is 12.0 Å². The van der Waals surface area contributed by atoms with E-state index in [0.717, 1.165) is 0 Å². The molecule has 130 valence electrons. The monoisotopic (exact) mass is 336 g/mol. The standard InChI is InChI=1S/C16H20N2O6/c1-8-12(15(19)24-5)14(18-16(20)17-8)13-10(22-3)6-9(21-2)7-11(13)23-4/h6-7,14H,1-5H3,(H2,17,18,20)/t14-/m0/s1. The predicted octanol–water partition coefficient (Wildman–Crippen LogP) is 1.51. The minimum absolute atomic E-state index is 0.263. The lowest BCUT2D eigenvalue weighted by molar-refractivity contribution is -0.136. The summed E-state index contributed by atoms with van der Waals surface area (Å²) in [4.78, 5) is 24.1. The van der Waals surface area contributed by atoms with Crippen LogP contribution in [-0.4, -0.2) is 40.4 Å². The zero-order valence-corrected chi connectivity index (χ0v) is 14.2. The quantitative estimate of drug-likeness (QED) is 0.792. The first-order valence-corrected chi connectivity index (χ1v) is 7.13. The number of allylic oxidation sites excluding steroid dienone is 1. The summed E-state index contributed by atoms with van der Waals surface area (Å²) in [5.41, 5.74) is 1.16. The molecule has 1 aliphatic rings. The van der Waals surface area contributed by atoms with Crippen LogP contribution in [0.25, 0.3) is 0 Å². The van der Waals surface area contributed by atoms with Gasteiger partial charge in [-0.15, -0.1) is 0 Å². The SMILES string of the molecule is COC(=O)C1=C(C)NC(=O)N[C@@H]1c1c(OC)cc(OC)cc1OC. The van der Waals surface area contributed by atoms with E-state index in [-0.39, 0.29) is 5.57 Å². The molecule has 2 amide bonds. The van der Waals surface area contributed by atoms with Gasteiger partial charge in [-0.1, -0.05) is 0 Å². The second-order valence-electron chi connectivity index (χ2n) is 5.01. The van der Waals surface area contributed by atoms with Crippen molar-refractivity contribution < 1.29 is 28.5 Å². The normalized spacial score (nSPS) is 16.9. The number of carbonyl (C=O) groups excluding carboxylic acids is 2. The average molecular weight is 336 g/mol. The third-order valence-corrected chi connectivity index (χ3v) is 3.72. The summed E-state index contributed by atoms with van der Waals surface area (Å²) in [7, 11) is 5.76. The summed E-state index contributed by atoms with van der Waals surface area (Å²) in [6.45, 7) is 1.63. The smallest absolute Gasteiger partial charge is 0.337 e. The summed E-state index contributed by atoms with van der Waals surface area (Å²) in [6, 6.07) is 2.07. The molecule has 0 saturated heterocycles. The van der Waals surface area contributed by atoms with E-state index in [4.69, 9.17) is 18.9 Å². The lowest BCUT2D eigenvalue weighted by Gasteiger charge is -2.29. The fraction of sp³-hybridized carbons (Fsp3) is 0.375. The number of hydrogen-bond donors (Lipinski definition) is 2. The van der Waals surface area contributed by atoms with Gasteiger partial charge in [0.15, 0.2) is 0 Å². The summed E-state index contributed by atoms with van der Waals surface area (Å²) in [5.74, 6) is 0.776. The van der Waals surface area contributed by atoms with Crippen LogP contribution in [-0.2, 0) is 9.53 Å². The molecule has 24 heavy (non-hydrogen) atoms. The van der Waals surface area contributed by atoms with Crippen LogP contribution < -0.4 is 24.8 Å². The number of urea groups is 1. The Balaban J connectivity index is 2.69. The molecular weight excluding hydrogens is 316 g/mol. The van der Waals surface area contributed by atoms with Gasteiger partial charge in [0, 0.05) is 17.8 Å². The van der Waals surface area contributed by atoms with Crippen molar-refractivity contribution in [3.63, 3.8) is 0 Å². The zero-order chi connectivity index (χ0) is 17.9. The fourth-order valence-electron chi connectivity index (χ4n) is 2.61. The number of carbonyl (C=O) groups is 2. The molecule has 2 rings (SSSR count). The van der Waals surface area contributed by atoms with Crippen molar-refractivity contribution in [1.82, 2.24) is 10.6 Å². The van der Waals surface area contributed by atoms with Crippen LogP contribution in [0.4, 0.5) is 4.79 Å². The number of ether oxygens (including phenoxy) is 4. The Morgan fingerprint density at radius 2 is 1.62 bits per heavy atom. The molecule has 0 aromatic heterocycles. The summed E-state index contributed by atoms with van der Waals surface area (Å²) < 4.78 is 20.9. The van der Waals surface area contributed by atoms with E-state index in [1.807, 2.05) is 0 Å². The molecule has 8 heteroatoms. The van der Waals surface area contributed by atoms with E-state index in [2.05, 4.69) is 10.6 Å². The molecule has 2 N–H and O–H groups in total. The average Bonchev–Trinajstić information content (AvgIpc) is 2.58. The summed E-state index contributed by atoms with van der Waals surface area (Å²) in [5, 5.41) is 5.27. The topological polar surface area (TPSA) is 95.1 Å². The van der Waals surface area contributed by atoms with Gasteiger partial charge in [0.2, 0.25) is 0 Å². The van der Waals surface area contributed by atoms with E-state index in [1.165, 1.54) is 28.4 Å². The third kappa shape index (κ3) is 3.08. The molecule has 0 bridgehead atoms. The molecule has 0 radical (unpaired) electrons. The fourth-order valence-corrected chi connectivity index (χ4v) is 2.61. The van der Waals surface area contributed by atoms with E-state index >= 15 is 0 Å². The van der Waals surface area contributed by atoms with Gasteiger partial charge < -0.3 is 29.6 Å². The van der Waals surface area contributed by atoms with Crippen LogP contribution in [0.1, 0.15) is 18.5 Å². The maximum absolute atomic E-state index is 12.2. The Morgan fingerprint density at radius 1 is 1.04 bits per heavy atom. The van der Waals surface area contributed by atoms with Gasteiger partial charge in [0.1, 0.15) is 17.2 Å². The van der Waals surface area contributed by atoms with Crippen LogP contribution in [0.2, 0.25) is 0 Å². The Morgan fingerprint density at radius 3 is 2.08 bits per heavy atom. The highest BCUT2D eigenvalue weighted by Crippen LogP contribution is 2.42. The van der Waals surface area contributed by atoms with Crippen LogP contribution in [0.15, 0.2) is 23.4 Å². The van der Waals surface area contributed by atoms with Gasteiger partial charge in [-0.25, -0.2) is 9.59 Å². The predicted molar refractivity (Wildman–Crippen MR) is 85.2 cm³/mol. The first-order valence-electron chi connectivity index (χ1n) is 7.13. The van der Waals surface area contributed by atoms with Crippen molar-refractivity contribution in [2.45, 2.75) is 13.0 Å². The maximum Gasteiger partial charge on any atom is 0.337 e. The first kappa shape index (κ1) is 17.5. The van der Waals surface area contributed by atoms with Crippen LogP contribution >= 0.6 is 0 Å². The Hall–Kier alpha value is -2.90. The highest BCUT2D eigenvalue weighted by molar-refractivity contribution is 5.95. The molecule has 1 aromatic carbocycles. The highest BCUT2D eigenvalue weighted by atomic mass is 16.5. The van der Waals surface area contributed by atoms with Gasteiger partial charge in [-0.05, 0) is 6.92 Å². The van der Waals surface area contributed by atoms with Crippen LogP contribution in [0, 0.1) is 0 Å². The van der Waals surface area contributed by atoms with E-state index < -0.39 is 18.0 Å². The maximum atomic E-state index is 12.2.